The Morgan fingerprint density at radius 1 is 1.14 bits per heavy atom. The molecule has 3 aromatic rings. The predicted octanol–water partition coefficient (Wildman–Crippen LogP) is 3.96. The average molecular weight is 461 g/mol. The van der Waals surface area contributed by atoms with Crippen molar-refractivity contribution in [2.24, 2.45) is 0 Å². The van der Waals surface area contributed by atoms with Crippen LogP contribution in [-0.2, 0) is 4.79 Å². The van der Waals surface area contributed by atoms with Crippen LogP contribution in [0, 0.1) is 0 Å². The number of benzene rings is 1. The van der Waals surface area contributed by atoms with Gasteiger partial charge in [-0.3, -0.25) is 4.79 Å². The maximum atomic E-state index is 12.5. The van der Waals surface area contributed by atoms with Crippen LogP contribution in [0.5, 0.6) is 5.75 Å². The highest BCUT2D eigenvalue weighted by Gasteiger charge is 2.23. The minimum Gasteiger partial charge on any atom is -0.492 e. The quantitative estimate of drug-likeness (QED) is 0.521. The first-order valence-electron chi connectivity index (χ1n) is 9.30. The van der Waals surface area contributed by atoms with Gasteiger partial charge in [-0.2, -0.15) is 0 Å². The lowest BCUT2D eigenvalue weighted by Crippen LogP contribution is -2.49. The molecular weight excluding hydrogens is 440 g/mol. The third-order valence-corrected chi connectivity index (χ3v) is 6.28. The first-order chi connectivity index (χ1) is 13.7. The zero-order valence-corrected chi connectivity index (χ0v) is 17.8. The summed E-state index contributed by atoms with van der Waals surface area (Å²) in [5.41, 5.74) is 0. The molecule has 1 saturated heterocycles. The van der Waals surface area contributed by atoms with Gasteiger partial charge in [0.15, 0.2) is 0 Å². The van der Waals surface area contributed by atoms with Crippen LogP contribution in [0.15, 0.2) is 46.5 Å². The fourth-order valence-electron chi connectivity index (χ4n) is 3.32. The number of fused-ring (bicyclic) bond motifs is 1. The lowest BCUT2D eigenvalue weighted by molar-refractivity contribution is -0.131. The molecule has 4 rings (SSSR count). The summed E-state index contributed by atoms with van der Waals surface area (Å²) in [5, 5.41) is 3.13. The minimum absolute atomic E-state index is 0.193. The van der Waals surface area contributed by atoms with E-state index in [1.807, 2.05) is 34.5 Å². The molecule has 1 aliphatic rings. The number of aromatic nitrogens is 2. The van der Waals surface area contributed by atoms with Gasteiger partial charge in [0.2, 0.25) is 5.91 Å². The van der Waals surface area contributed by atoms with E-state index < -0.39 is 0 Å². The third-order valence-electron chi connectivity index (χ3n) is 4.80. The van der Waals surface area contributed by atoms with Gasteiger partial charge in [-0.1, -0.05) is 12.1 Å². The van der Waals surface area contributed by atoms with Crippen molar-refractivity contribution in [2.75, 3.05) is 37.7 Å². The molecule has 0 radical (unpaired) electrons. The molecule has 0 atom stereocenters. The zero-order chi connectivity index (χ0) is 19.3. The predicted molar refractivity (Wildman–Crippen MR) is 115 cm³/mol. The van der Waals surface area contributed by atoms with Gasteiger partial charge in [-0.25, -0.2) is 9.97 Å². The number of nitrogens with zero attached hydrogens (tertiary/aromatic N) is 4. The Labute approximate surface area is 176 Å². The molecule has 0 bridgehead atoms. The van der Waals surface area contributed by atoms with Crippen molar-refractivity contribution in [1.82, 2.24) is 14.9 Å². The van der Waals surface area contributed by atoms with Gasteiger partial charge >= 0.3 is 0 Å². The van der Waals surface area contributed by atoms with Crippen LogP contribution >= 0.6 is 27.3 Å². The highest BCUT2D eigenvalue weighted by molar-refractivity contribution is 9.10. The standard InChI is InChI=1S/C20H21BrN4O2S/c21-16-4-1-2-5-17(16)27-12-3-6-18(26)24-8-10-25(11-9-24)19-15-7-13-28-20(15)23-14-22-19/h1-2,4-5,7,13-14H,3,6,8-12H2. The molecule has 8 heteroatoms. The maximum Gasteiger partial charge on any atom is 0.222 e. The number of carbonyl (C=O) groups is 1. The Kier molecular flexibility index (Phi) is 6.07. The summed E-state index contributed by atoms with van der Waals surface area (Å²) < 4.78 is 6.68. The molecule has 28 heavy (non-hydrogen) atoms. The minimum atomic E-state index is 0.193. The van der Waals surface area contributed by atoms with Crippen molar-refractivity contribution >= 4 is 49.2 Å². The van der Waals surface area contributed by atoms with Crippen molar-refractivity contribution in [3.8, 4) is 5.75 Å². The Morgan fingerprint density at radius 2 is 1.96 bits per heavy atom. The Morgan fingerprint density at radius 3 is 2.79 bits per heavy atom. The van der Waals surface area contributed by atoms with E-state index in [4.69, 9.17) is 4.74 Å². The summed E-state index contributed by atoms with van der Waals surface area (Å²) in [4.78, 5) is 26.5. The van der Waals surface area contributed by atoms with Crippen LogP contribution < -0.4 is 9.64 Å². The Balaban J connectivity index is 1.24. The van der Waals surface area contributed by atoms with Gasteiger partial charge in [-0.05, 0) is 45.9 Å². The molecule has 0 saturated carbocycles. The Bertz CT molecular complexity index is 956. The van der Waals surface area contributed by atoms with Crippen molar-refractivity contribution < 1.29 is 9.53 Å². The molecule has 0 N–H and O–H groups in total. The molecule has 146 valence electrons. The van der Waals surface area contributed by atoms with Gasteiger partial charge in [0, 0.05) is 32.6 Å². The van der Waals surface area contributed by atoms with Gasteiger partial charge in [-0.15, -0.1) is 11.3 Å². The molecule has 0 aliphatic carbocycles. The summed E-state index contributed by atoms with van der Waals surface area (Å²) >= 11 is 5.09. The van der Waals surface area contributed by atoms with Crippen LogP contribution in [0.1, 0.15) is 12.8 Å². The van der Waals surface area contributed by atoms with Crippen LogP contribution in [0.25, 0.3) is 10.2 Å². The number of halogens is 1. The molecule has 0 unspecified atom stereocenters. The number of anilines is 1. The van der Waals surface area contributed by atoms with E-state index in [1.54, 1.807) is 17.7 Å². The number of carbonyl (C=O) groups excluding carboxylic acids is 1. The fourth-order valence-corrected chi connectivity index (χ4v) is 4.45. The topological polar surface area (TPSA) is 58.6 Å². The fraction of sp³-hybridized carbons (Fsp3) is 0.350. The molecule has 3 heterocycles. The van der Waals surface area contributed by atoms with E-state index in [0.717, 1.165) is 52.4 Å². The van der Waals surface area contributed by atoms with Crippen molar-refractivity contribution in [3.63, 3.8) is 0 Å². The highest BCUT2D eigenvalue weighted by Crippen LogP contribution is 2.27. The van der Waals surface area contributed by atoms with Crippen LogP contribution in [-0.4, -0.2) is 53.6 Å². The van der Waals surface area contributed by atoms with Crippen LogP contribution in [0.4, 0.5) is 5.82 Å². The molecule has 0 spiro atoms. The lowest BCUT2D eigenvalue weighted by atomic mass is 10.2. The monoisotopic (exact) mass is 460 g/mol. The number of hydrogen-bond donors (Lipinski definition) is 0. The van der Waals surface area contributed by atoms with E-state index in [2.05, 4.69) is 36.9 Å². The van der Waals surface area contributed by atoms with E-state index >= 15 is 0 Å². The second-order valence-electron chi connectivity index (χ2n) is 6.59. The molecule has 1 aromatic carbocycles. The molecule has 2 aromatic heterocycles. The molecule has 1 fully saturated rings. The number of ether oxygens (including phenoxy) is 1. The van der Waals surface area contributed by atoms with Gasteiger partial charge in [0.1, 0.15) is 22.7 Å². The summed E-state index contributed by atoms with van der Waals surface area (Å²) in [6, 6.07) is 9.82. The molecule has 1 amide bonds. The number of thiophene rings is 1. The third kappa shape index (κ3) is 4.28. The number of amides is 1. The number of rotatable bonds is 6. The molecule has 6 nitrogen and oxygen atoms in total. The van der Waals surface area contributed by atoms with Gasteiger partial charge < -0.3 is 14.5 Å². The number of piperazine rings is 1. The van der Waals surface area contributed by atoms with Crippen molar-refractivity contribution in [2.45, 2.75) is 12.8 Å². The normalized spacial score (nSPS) is 14.5. The SMILES string of the molecule is O=C(CCCOc1ccccc1Br)N1CCN(c2ncnc3sccc23)CC1. The second-order valence-corrected chi connectivity index (χ2v) is 8.34. The highest BCUT2D eigenvalue weighted by atomic mass is 79.9. The van der Waals surface area contributed by atoms with E-state index in [0.29, 0.717) is 19.4 Å². The number of hydrogen-bond acceptors (Lipinski definition) is 6. The second kappa shape index (κ2) is 8.87. The smallest absolute Gasteiger partial charge is 0.222 e. The van der Waals surface area contributed by atoms with Crippen LogP contribution in [0.2, 0.25) is 0 Å². The first kappa shape index (κ1) is 19.1. The number of para-hydroxylation sites is 1. The van der Waals surface area contributed by atoms with Crippen LogP contribution in [0.3, 0.4) is 0 Å². The van der Waals surface area contributed by atoms with Gasteiger partial charge in [0.25, 0.3) is 0 Å². The van der Waals surface area contributed by atoms with Gasteiger partial charge in [0.05, 0.1) is 16.5 Å². The summed E-state index contributed by atoms with van der Waals surface area (Å²) in [7, 11) is 0. The van der Waals surface area contributed by atoms with Crippen molar-refractivity contribution in [3.05, 3.63) is 46.5 Å². The summed E-state index contributed by atoms with van der Waals surface area (Å²) in [6.07, 6.45) is 2.84. The average Bonchev–Trinajstić information content (AvgIpc) is 3.21. The summed E-state index contributed by atoms with van der Waals surface area (Å²) in [6.45, 7) is 3.56. The maximum absolute atomic E-state index is 12.5. The van der Waals surface area contributed by atoms with E-state index in [-0.39, 0.29) is 5.91 Å². The summed E-state index contributed by atoms with van der Waals surface area (Å²) in [5.74, 6) is 1.98. The molecule has 1 aliphatic heterocycles. The van der Waals surface area contributed by atoms with Crippen molar-refractivity contribution in [1.29, 1.82) is 0 Å². The largest absolute Gasteiger partial charge is 0.492 e. The van der Waals surface area contributed by atoms with E-state index in [9.17, 15) is 4.79 Å². The molecular formula is C20H21BrN4O2S. The Hall–Kier alpha value is -2.19. The lowest BCUT2D eigenvalue weighted by Gasteiger charge is -2.35. The first-order valence-corrected chi connectivity index (χ1v) is 11.0. The zero-order valence-electron chi connectivity index (χ0n) is 15.4. The van der Waals surface area contributed by atoms with E-state index in [1.165, 1.54) is 0 Å².